The smallest absolute Gasteiger partial charge is 0.407 e. The third kappa shape index (κ3) is 9.68. The van der Waals surface area contributed by atoms with Crippen molar-refractivity contribution in [2.45, 2.75) is 149 Å². The topological polar surface area (TPSA) is 80.5 Å². The van der Waals surface area contributed by atoms with Crippen molar-refractivity contribution >= 4 is 17.9 Å². The number of anilines is 1. The number of hydrogen-bond acceptors (Lipinski definition) is 5. The third-order valence-corrected chi connectivity index (χ3v) is 7.84. The maximum absolute atomic E-state index is 13.4. The number of pyridine rings is 1. The number of nitrogens with zero attached hydrogens (tertiary/aromatic N) is 1. The Morgan fingerprint density at radius 3 is 2.51 bits per heavy atom. The first kappa shape index (κ1) is 31.2. The van der Waals surface area contributed by atoms with Crippen molar-refractivity contribution in [1.29, 1.82) is 0 Å². The van der Waals surface area contributed by atoms with Crippen LogP contribution in [0.4, 0.5) is 10.6 Å². The van der Waals surface area contributed by atoms with Crippen LogP contribution in [-0.4, -0.2) is 36.9 Å². The van der Waals surface area contributed by atoms with Crippen molar-refractivity contribution in [3.63, 3.8) is 0 Å². The van der Waals surface area contributed by atoms with Crippen molar-refractivity contribution in [2.75, 3.05) is 18.5 Å². The summed E-state index contributed by atoms with van der Waals surface area (Å²) < 4.78 is 13.5. The minimum absolute atomic E-state index is 0.189. The van der Waals surface area contributed by atoms with Crippen LogP contribution in [0.15, 0.2) is 6.07 Å². The van der Waals surface area contributed by atoms with Crippen LogP contribution >= 0.6 is 0 Å². The largest absolute Gasteiger partial charge is 0.462 e. The van der Waals surface area contributed by atoms with Gasteiger partial charge in [-0.25, -0.2) is 14.2 Å². The van der Waals surface area contributed by atoms with Crippen molar-refractivity contribution < 1.29 is 23.6 Å². The fourth-order valence-corrected chi connectivity index (χ4v) is 5.95. The second-order valence-electron chi connectivity index (χ2n) is 12.4. The number of hydrogen-bond donors (Lipinski definition) is 2. The minimum atomic E-state index is -0.508. The van der Waals surface area contributed by atoms with Crippen LogP contribution in [0, 0.1) is 0 Å². The van der Waals surface area contributed by atoms with E-state index in [2.05, 4.69) is 35.1 Å². The molecule has 2 aliphatic heterocycles. The van der Waals surface area contributed by atoms with E-state index in [0.29, 0.717) is 31.7 Å². The van der Waals surface area contributed by atoms with Crippen LogP contribution in [0.1, 0.15) is 146 Å². The van der Waals surface area contributed by atoms with Crippen molar-refractivity contribution in [3.05, 3.63) is 22.9 Å². The summed E-state index contributed by atoms with van der Waals surface area (Å²) in [6.07, 6.45) is 16.3. The number of rotatable bonds is 16. The van der Waals surface area contributed by atoms with Crippen LogP contribution in [0.2, 0.25) is 0 Å². The number of aryl methyl sites for hydroxylation is 1. The van der Waals surface area contributed by atoms with Crippen molar-refractivity contribution in [2.24, 2.45) is 0 Å². The van der Waals surface area contributed by atoms with Gasteiger partial charge in [-0.2, -0.15) is 0 Å². The van der Waals surface area contributed by atoms with Gasteiger partial charge in [0.05, 0.1) is 12.6 Å². The summed E-state index contributed by atoms with van der Waals surface area (Å²) in [6.45, 7) is 10.9. The van der Waals surface area contributed by atoms with Gasteiger partial charge in [0.2, 0.25) is 0 Å². The second-order valence-corrected chi connectivity index (χ2v) is 12.4. The van der Waals surface area contributed by atoms with Crippen molar-refractivity contribution in [3.8, 4) is 0 Å². The molecule has 39 heavy (non-hydrogen) atoms. The molecule has 7 nitrogen and oxygen atoms in total. The van der Waals surface area contributed by atoms with E-state index in [-0.39, 0.29) is 5.97 Å². The molecular formula is C32H54N3O4+. The minimum Gasteiger partial charge on any atom is -0.462 e. The van der Waals surface area contributed by atoms with E-state index in [1.807, 2.05) is 20.8 Å². The Morgan fingerprint density at radius 1 is 1.03 bits per heavy atom. The first-order valence-electron chi connectivity index (χ1n) is 15.7. The van der Waals surface area contributed by atoms with Crippen LogP contribution in [0.25, 0.3) is 0 Å². The fraction of sp³-hybridized carbons (Fsp3) is 0.781. The zero-order chi connectivity index (χ0) is 28.3. The van der Waals surface area contributed by atoms with E-state index >= 15 is 0 Å². The lowest BCUT2D eigenvalue weighted by Crippen LogP contribution is -2.50. The lowest BCUT2D eigenvalue weighted by molar-refractivity contribution is -0.708. The number of esters is 1. The van der Waals surface area contributed by atoms with Gasteiger partial charge in [0, 0.05) is 25.5 Å². The lowest BCUT2D eigenvalue weighted by atomic mass is 9.96. The molecule has 3 heterocycles. The summed E-state index contributed by atoms with van der Waals surface area (Å²) in [5.74, 6) is 1.01. The van der Waals surface area contributed by atoms with E-state index in [4.69, 9.17) is 9.47 Å². The summed E-state index contributed by atoms with van der Waals surface area (Å²) in [5.41, 5.74) is 2.60. The van der Waals surface area contributed by atoms with Gasteiger partial charge in [-0.3, -0.25) is 5.32 Å². The van der Waals surface area contributed by atoms with E-state index in [0.717, 1.165) is 68.2 Å². The highest BCUT2D eigenvalue weighted by Gasteiger charge is 2.41. The molecule has 3 rings (SSSR count). The molecule has 2 aliphatic rings. The number of nitrogens with one attached hydrogen (secondary N) is 2. The standard InChI is InChI=1S/C32H53N3O4/c1-6-8-10-11-13-17-25-23-26-18-19-27-29(24(16-12-9-7-2)22-28(34-25)35(26)27)30(36)38-21-15-14-20-33-31(37)39-32(3,4)5/h22,25-26H,6-21,23H2,1-5H3,(H,33,37)/p+1/t25-,26+/m0/s1. The maximum atomic E-state index is 13.4. The molecule has 7 heteroatoms. The molecule has 0 saturated heterocycles. The number of carbonyl (C=O) groups is 2. The molecule has 0 spiro atoms. The highest BCUT2D eigenvalue weighted by Crippen LogP contribution is 2.35. The average molecular weight is 545 g/mol. The zero-order valence-corrected chi connectivity index (χ0v) is 25.3. The van der Waals surface area contributed by atoms with Crippen LogP contribution in [0.3, 0.4) is 0 Å². The Balaban J connectivity index is 1.60. The zero-order valence-electron chi connectivity index (χ0n) is 25.3. The first-order valence-corrected chi connectivity index (χ1v) is 15.7. The predicted molar refractivity (Wildman–Crippen MR) is 156 cm³/mol. The van der Waals surface area contributed by atoms with Gasteiger partial charge in [-0.1, -0.05) is 52.4 Å². The normalized spacial score (nSPS) is 17.9. The van der Waals surface area contributed by atoms with Gasteiger partial charge in [-0.15, -0.1) is 0 Å². The summed E-state index contributed by atoms with van der Waals surface area (Å²) in [7, 11) is 0. The molecule has 0 fully saturated rings. The molecule has 0 bridgehead atoms. The number of amides is 1. The van der Waals surface area contributed by atoms with E-state index in [1.165, 1.54) is 44.3 Å². The maximum Gasteiger partial charge on any atom is 0.407 e. The molecule has 1 aromatic rings. The van der Waals surface area contributed by atoms with Crippen LogP contribution in [0.5, 0.6) is 0 Å². The fourth-order valence-electron chi connectivity index (χ4n) is 5.95. The lowest BCUT2D eigenvalue weighted by Gasteiger charge is -2.27. The summed E-state index contributed by atoms with van der Waals surface area (Å²) in [6, 6.07) is 3.26. The van der Waals surface area contributed by atoms with Gasteiger partial charge in [0.25, 0.3) is 5.82 Å². The second kappa shape index (κ2) is 15.5. The van der Waals surface area contributed by atoms with Gasteiger partial charge in [0.1, 0.15) is 22.9 Å². The Hall–Kier alpha value is -2.31. The number of alkyl carbamates (subject to hydrolysis) is 1. The Kier molecular flexibility index (Phi) is 12.4. The Bertz CT molecular complexity index is 940. The highest BCUT2D eigenvalue weighted by molar-refractivity contribution is 5.92. The molecule has 1 amide bonds. The molecule has 0 radical (unpaired) electrons. The van der Waals surface area contributed by atoms with Crippen LogP contribution < -0.4 is 15.2 Å². The molecule has 1 aromatic heterocycles. The molecule has 0 aromatic carbocycles. The van der Waals surface area contributed by atoms with E-state index in [9.17, 15) is 9.59 Å². The summed E-state index contributed by atoms with van der Waals surface area (Å²) in [5, 5.41) is 6.62. The third-order valence-electron chi connectivity index (χ3n) is 7.84. The molecule has 0 unspecified atom stereocenters. The molecule has 0 aliphatic carbocycles. The van der Waals surface area contributed by atoms with Crippen molar-refractivity contribution in [1.82, 2.24) is 5.32 Å². The summed E-state index contributed by atoms with van der Waals surface area (Å²) >= 11 is 0. The quantitative estimate of drug-likeness (QED) is 0.131. The van der Waals surface area contributed by atoms with E-state index < -0.39 is 11.7 Å². The molecule has 220 valence electrons. The first-order chi connectivity index (χ1) is 18.7. The van der Waals surface area contributed by atoms with Gasteiger partial charge >= 0.3 is 12.1 Å². The van der Waals surface area contributed by atoms with Crippen LogP contribution in [-0.2, 0) is 22.3 Å². The summed E-state index contributed by atoms with van der Waals surface area (Å²) in [4.78, 5) is 25.2. The number of aromatic nitrogens is 1. The van der Waals surface area contributed by atoms with Gasteiger partial charge < -0.3 is 14.8 Å². The molecular weight excluding hydrogens is 490 g/mol. The predicted octanol–water partition coefficient (Wildman–Crippen LogP) is 7.20. The molecule has 0 saturated carbocycles. The monoisotopic (exact) mass is 544 g/mol. The Morgan fingerprint density at radius 2 is 1.77 bits per heavy atom. The molecule has 2 atom stereocenters. The Labute approximate surface area is 236 Å². The van der Waals surface area contributed by atoms with Gasteiger partial charge in [-0.05, 0) is 71.3 Å². The SMILES string of the molecule is CCCCCCC[C@H]1C[C@H]2CCc3c(C(=O)OCCCCNC(=O)OC(C)(C)C)c(CCCCC)cc([n+]32)N1. The highest BCUT2D eigenvalue weighted by atomic mass is 16.6. The number of carbonyl (C=O) groups excluding carboxylic acids is 2. The number of unbranched alkanes of at least 4 members (excludes halogenated alkanes) is 7. The van der Waals surface area contributed by atoms with E-state index in [1.54, 1.807) is 0 Å². The van der Waals surface area contributed by atoms with Gasteiger partial charge in [0.15, 0.2) is 0 Å². The molecule has 2 N–H and O–H groups in total. The number of ether oxygens (including phenoxy) is 2. The average Bonchev–Trinajstić information content (AvgIpc) is 3.29.